The van der Waals surface area contributed by atoms with Gasteiger partial charge in [0.2, 0.25) is 5.91 Å². The number of aromatic nitrogens is 6. The molecule has 0 bridgehead atoms. The van der Waals surface area contributed by atoms with E-state index in [1.54, 1.807) is 6.33 Å². The van der Waals surface area contributed by atoms with Gasteiger partial charge in [-0.1, -0.05) is 5.16 Å². The Morgan fingerprint density at radius 2 is 2.14 bits per heavy atom. The molecule has 29 heavy (non-hydrogen) atoms. The summed E-state index contributed by atoms with van der Waals surface area (Å²) in [6.45, 7) is 5.88. The van der Waals surface area contributed by atoms with Crippen LogP contribution < -0.4 is 0 Å². The van der Waals surface area contributed by atoms with Gasteiger partial charge in [-0.25, -0.2) is 0 Å². The Morgan fingerprint density at radius 1 is 1.31 bits per heavy atom. The first kappa shape index (κ1) is 18.1. The molecule has 5 rings (SSSR count). The van der Waals surface area contributed by atoms with Crippen LogP contribution >= 0.6 is 0 Å². The SMILES string of the molecule is Cc1noc(C)c1CC(=O)N1CCc2c(c(-c3nncn3CC3CC3)nn2C)C1. The van der Waals surface area contributed by atoms with E-state index in [1.807, 2.05) is 30.5 Å². The third kappa shape index (κ3) is 3.24. The van der Waals surface area contributed by atoms with Gasteiger partial charge in [0.1, 0.15) is 17.8 Å². The van der Waals surface area contributed by atoms with Crippen molar-refractivity contribution < 1.29 is 9.32 Å². The fourth-order valence-corrected chi connectivity index (χ4v) is 4.15. The van der Waals surface area contributed by atoms with E-state index in [0.717, 1.165) is 47.2 Å². The minimum absolute atomic E-state index is 0.0827. The number of carbonyl (C=O) groups excluding carboxylic acids is 1. The highest BCUT2D eigenvalue weighted by atomic mass is 16.5. The Bertz CT molecular complexity index is 1050. The molecule has 9 heteroatoms. The summed E-state index contributed by atoms with van der Waals surface area (Å²) >= 11 is 0. The van der Waals surface area contributed by atoms with Gasteiger partial charge in [0, 0.05) is 49.9 Å². The molecule has 4 heterocycles. The Hall–Kier alpha value is -2.97. The van der Waals surface area contributed by atoms with Crippen molar-refractivity contribution in [3.05, 3.63) is 34.6 Å². The molecule has 1 amide bonds. The molecule has 2 aliphatic rings. The zero-order valence-corrected chi connectivity index (χ0v) is 17.1. The van der Waals surface area contributed by atoms with Crippen molar-refractivity contribution in [2.45, 2.75) is 52.6 Å². The zero-order valence-electron chi connectivity index (χ0n) is 17.1. The largest absolute Gasteiger partial charge is 0.361 e. The smallest absolute Gasteiger partial charge is 0.227 e. The van der Waals surface area contributed by atoms with Crippen LogP contribution in [0.2, 0.25) is 0 Å². The third-order valence-corrected chi connectivity index (χ3v) is 6.08. The van der Waals surface area contributed by atoms with Crippen LogP contribution in [-0.2, 0) is 37.8 Å². The molecule has 0 spiro atoms. The van der Waals surface area contributed by atoms with E-state index in [-0.39, 0.29) is 5.91 Å². The normalized spacial score (nSPS) is 16.3. The molecule has 9 nitrogen and oxygen atoms in total. The summed E-state index contributed by atoms with van der Waals surface area (Å²) in [6.07, 6.45) is 5.41. The van der Waals surface area contributed by atoms with E-state index in [4.69, 9.17) is 9.62 Å². The van der Waals surface area contributed by atoms with Crippen LogP contribution in [0.25, 0.3) is 11.5 Å². The summed E-state index contributed by atoms with van der Waals surface area (Å²) in [7, 11) is 1.96. The van der Waals surface area contributed by atoms with Crippen molar-refractivity contribution in [3.63, 3.8) is 0 Å². The molecule has 0 unspecified atom stereocenters. The maximum Gasteiger partial charge on any atom is 0.227 e. The summed E-state index contributed by atoms with van der Waals surface area (Å²) in [5, 5.41) is 17.2. The first-order valence-electron chi connectivity index (χ1n) is 10.1. The second kappa shape index (κ2) is 6.82. The average Bonchev–Trinajstić information content (AvgIpc) is 3.19. The molecule has 0 N–H and O–H groups in total. The molecule has 1 aliphatic carbocycles. The summed E-state index contributed by atoms with van der Waals surface area (Å²) in [4.78, 5) is 14.9. The van der Waals surface area contributed by atoms with Crippen LogP contribution in [0.4, 0.5) is 0 Å². The van der Waals surface area contributed by atoms with Crippen molar-refractivity contribution in [1.82, 2.24) is 34.6 Å². The van der Waals surface area contributed by atoms with Crippen molar-refractivity contribution >= 4 is 5.91 Å². The van der Waals surface area contributed by atoms with Crippen LogP contribution in [0.5, 0.6) is 0 Å². The first-order chi connectivity index (χ1) is 14.0. The van der Waals surface area contributed by atoms with Crippen LogP contribution in [0, 0.1) is 19.8 Å². The molecule has 1 fully saturated rings. The van der Waals surface area contributed by atoms with Crippen LogP contribution in [0.3, 0.4) is 0 Å². The van der Waals surface area contributed by atoms with Gasteiger partial charge in [0.25, 0.3) is 0 Å². The lowest BCUT2D eigenvalue weighted by Crippen LogP contribution is -2.37. The van der Waals surface area contributed by atoms with Crippen molar-refractivity contribution in [2.24, 2.45) is 13.0 Å². The molecule has 0 atom stereocenters. The molecule has 1 aliphatic heterocycles. The standard InChI is InChI=1S/C20H25N7O2/c1-12-15(13(2)29-24-12)8-18(28)26-7-6-17-16(10-26)19(23-25(17)3)20-22-21-11-27(20)9-14-4-5-14/h11,14H,4-10H2,1-3H3. The fourth-order valence-electron chi connectivity index (χ4n) is 4.15. The average molecular weight is 395 g/mol. The van der Waals surface area contributed by atoms with Crippen LogP contribution in [0.15, 0.2) is 10.9 Å². The van der Waals surface area contributed by atoms with Gasteiger partial charge in [-0.05, 0) is 32.6 Å². The number of rotatable bonds is 5. The van der Waals surface area contributed by atoms with Gasteiger partial charge in [-0.15, -0.1) is 10.2 Å². The number of aryl methyl sites for hydroxylation is 3. The molecule has 0 saturated heterocycles. The molecule has 3 aromatic rings. The van der Waals surface area contributed by atoms with Gasteiger partial charge < -0.3 is 14.0 Å². The van der Waals surface area contributed by atoms with Crippen molar-refractivity contribution in [2.75, 3.05) is 6.54 Å². The van der Waals surface area contributed by atoms with Crippen LogP contribution in [-0.4, -0.2) is 47.1 Å². The molecule has 3 aromatic heterocycles. The zero-order chi connectivity index (χ0) is 20.1. The minimum atomic E-state index is 0.0827. The number of hydrogen-bond acceptors (Lipinski definition) is 6. The second-order valence-electron chi connectivity index (χ2n) is 8.19. The van der Waals surface area contributed by atoms with E-state index >= 15 is 0 Å². The van der Waals surface area contributed by atoms with E-state index in [9.17, 15) is 4.79 Å². The second-order valence-corrected chi connectivity index (χ2v) is 8.19. The Balaban J connectivity index is 1.41. The number of hydrogen-bond donors (Lipinski definition) is 0. The summed E-state index contributed by atoms with van der Waals surface area (Å²) < 4.78 is 9.24. The predicted octanol–water partition coefficient (Wildman–Crippen LogP) is 1.82. The molecule has 1 saturated carbocycles. The van der Waals surface area contributed by atoms with E-state index in [1.165, 1.54) is 18.5 Å². The van der Waals surface area contributed by atoms with Gasteiger partial charge >= 0.3 is 0 Å². The lowest BCUT2D eigenvalue weighted by molar-refractivity contribution is -0.131. The summed E-state index contributed by atoms with van der Waals surface area (Å²) in [6, 6.07) is 0. The van der Waals surface area contributed by atoms with Gasteiger partial charge in [-0.3, -0.25) is 9.48 Å². The number of amides is 1. The first-order valence-corrected chi connectivity index (χ1v) is 10.1. The molecule has 152 valence electrons. The van der Waals surface area contributed by atoms with E-state index < -0.39 is 0 Å². The predicted molar refractivity (Wildman–Crippen MR) is 104 cm³/mol. The lowest BCUT2D eigenvalue weighted by Gasteiger charge is -2.27. The Labute approximate surface area is 168 Å². The number of fused-ring (bicyclic) bond motifs is 1. The molecular weight excluding hydrogens is 370 g/mol. The van der Waals surface area contributed by atoms with E-state index in [2.05, 4.69) is 19.9 Å². The summed E-state index contributed by atoms with van der Waals surface area (Å²) in [5.74, 6) is 2.31. The molecule has 0 aromatic carbocycles. The quantitative estimate of drug-likeness (QED) is 0.654. The maximum atomic E-state index is 13.0. The highest BCUT2D eigenvalue weighted by molar-refractivity contribution is 5.80. The highest BCUT2D eigenvalue weighted by Crippen LogP contribution is 2.33. The maximum absolute atomic E-state index is 13.0. The Kier molecular flexibility index (Phi) is 4.25. The van der Waals surface area contributed by atoms with Gasteiger partial charge in [-0.2, -0.15) is 5.10 Å². The van der Waals surface area contributed by atoms with E-state index in [0.29, 0.717) is 25.3 Å². The monoisotopic (exact) mass is 395 g/mol. The van der Waals surface area contributed by atoms with Crippen molar-refractivity contribution in [1.29, 1.82) is 0 Å². The van der Waals surface area contributed by atoms with Crippen LogP contribution in [0.1, 0.15) is 41.1 Å². The minimum Gasteiger partial charge on any atom is -0.361 e. The van der Waals surface area contributed by atoms with Gasteiger partial charge in [0.15, 0.2) is 5.82 Å². The number of nitrogens with zero attached hydrogens (tertiary/aromatic N) is 7. The van der Waals surface area contributed by atoms with Gasteiger partial charge in [0.05, 0.1) is 12.1 Å². The Morgan fingerprint density at radius 3 is 2.86 bits per heavy atom. The number of carbonyl (C=O) groups is 1. The fraction of sp³-hybridized carbons (Fsp3) is 0.550. The molecule has 0 radical (unpaired) electrons. The highest BCUT2D eigenvalue weighted by Gasteiger charge is 2.31. The topological polar surface area (TPSA) is 94.9 Å². The lowest BCUT2D eigenvalue weighted by atomic mass is 10.0. The summed E-state index contributed by atoms with van der Waals surface area (Å²) in [5.41, 5.74) is 4.76. The third-order valence-electron chi connectivity index (χ3n) is 6.08. The van der Waals surface area contributed by atoms with Crippen molar-refractivity contribution in [3.8, 4) is 11.5 Å². The molecular formula is C20H25N7O2.